The fourth-order valence-electron chi connectivity index (χ4n) is 1.65. The zero-order chi connectivity index (χ0) is 14.0. The molecule has 0 aliphatic heterocycles. The minimum Gasteiger partial charge on any atom is -0.207 e. The van der Waals surface area contributed by atoms with Gasteiger partial charge in [0.15, 0.2) is 0 Å². The van der Waals surface area contributed by atoms with Crippen LogP contribution >= 0.6 is 33.9 Å². The molecule has 100 valence electrons. The van der Waals surface area contributed by atoms with Crippen molar-refractivity contribution in [3.8, 4) is 0 Å². The zero-order valence-corrected chi connectivity index (χ0v) is 12.7. The lowest BCUT2D eigenvalue weighted by Crippen LogP contribution is -1.94. The lowest BCUT2D eigenvalue weighted by molar-refractivity contribution is 0.609. The highest BCUT2D eigenvalue weighted by molar-refractivity contribution is 8.13. The summed E-state index contributed by atoms with van der Waals surface area (Å²) in [5.74, 6) is 0. The molecule has 0 aromatic heterocycles. The fraction of sp³-hybridized carbons (Fsp3) is 0.0769. The summed E-state index contributed by atoms with van der Waals surface area (Å²) >= 11 is 11.9. The molecule has 0 bridgehead atoms. The van der Waals surface area contributed by atoms with Gasteiger partial charge in [-0.3, -0.25) is 0 Å². The van der Waals surface area contributed by atoms with Crippen molar-refractivity contribution >= 4 is 42.9 Å². The van der Waals surface area contributed by atoms with Gasteiger partial charge in [0.1, 0.15) is 0 Å². The molecule has 0 atom stereocenters. The monoisotopic (exact) mass is 334 g/mol. The van der Waals surface area contributed by atoms with E-state index in [0.717, 1.165) is 11.1 Å². The van der Waals surface area contributed by atoms with Crippen LogP contribution in [0.1, 0.15) is 11.1 Å². The molecule has 19 heavy (non-hydrogen) atoms. The molecule has 0 aliphatic carbocycles. The largest absolute Gasteiger partial charge is 0.261 e. The van der Waals surface area contributed by atoms with Crippen LogP contribution in [0.3, 0.4) is 0 Å². The van der Waals surface area contributed by atoms with Gasteiger partial charge < -0.3 is 0 Å². The Balaban J connectivity index is 2.29. The van der Waals surface area contributed by atoms with Crippen LogP contribution in [0.2, 0.25) is 10.0 Å². The first-order valence-corrected chi connectivity index (χ1v) is 8.40. The molecule has 0 unspecified atom stereocenters. The molecule has 0 amide bonds. The Morgan fingerprint density at radius 3 is 2.11 bits per heavy atom. The number of rotatable bonds is 3. The summed E-state index contributed by atoms with van der Waals surface area (Å²) in [6.07, 6.45) is 0.596. The van der Waals surface area contributed by atoms with E-state index in [2.05, 4.69) is 0 Å². The topological polar surface area (TPSA) is 34.1 Å². The van der Waals surface area contributed by atoms with Crippen LogP contribution in [0, 0.1) is 0 Å². The molecule has 0 spiro atoms. The van der Waals surface area contributed by atoms with E-state index in [-0.39, 0.29) is 4.90 Å². The second-order valence-corrected chi connectivity index (χ2v) is 7.40. The maximum absolute atomic E-state index is 11.2. The molecule has 0 saturated carbocycles. The van der Waals surface area contributed by atoms with E-state index in [4.69, 9.17) is 33.9 Å². The Morgan fingerprint density at radius 2 is 1.58 bits per heavy atom. The van der Waals surface area contributed by atoms with Gasteiger partial charge in [-0.15, -0.1) is 0 Å². The maximum atomic E-state index is 11.2. The third kappa shape index (κ3) is 3.86. The molecule has 2 aromatic carbocycles. The number of halogens is 3. The van der Waals surface area contributed by atoms with Gasteiger partial charge in [0.2, 0.25) is 0 Å². The van der Waals surface area contributed by atoms with Gasteiger partial charge in [0.05, 0.1) is 4.90 Å². The van der Waals surface area contributed by atoms with Crippen molar-refractivity contribution in [3.05, 3.63) is 63.6 Å². The quantitative estimate of drug-likeness (QED) is 0.773. The first kappa shape index (κ1) is 14.7. The predicted octanol–water partition coefficient (Wildman–Crippen LogP) is 4.51. The highest BCUT2D eigenvalue weighted by Crippen LogP contribution is 2.25. The van der Waals surface area contributed by atoms with Gasteiger partial charge in [-0.25, -0.2) is 8.42 Å². The van der Waals surface area contributed by atoms with Crippen molar-refractivity contribution in [3.63, 3.8) is 0 Å². The second-order valence-electron chi connectivity index (χ2n) is 3.99. The highest BCUT2D eigenvalue weighted by atomic mass is 35.7. The Morgan fingerprint density at radius 1 is 0.947 bits per heavy atom. The van der Waals surface area contributed by atoms with Crippen LogP contribution in [-0.4, -0.2) is 8.42 Å². The predicted molar refractivity (Wildman–Crippen MR) is 78.7 cm³/mol. The first-order chi connectivity index (χ1) is 8.86. The van der Waals surface area contributed by atoms with Crippen LogP contribution in [0.4, 0.5) is 0 Å². The van der Waals surface area contributed by atoms with Crippen LogP contribution in [0.15, 0.2) is 47.4 Å². The normalized spacial score (nSPS) is 11.5. The van der Waals surface area contributed by atoms with E-state index in [1.807, 2.05) is 12.1 Å². The van der Waals surface area contributed by atoms with Gasteiger partial charge in [-0.05, 0) is 41.8 Å². The summed E-state index contributed by atoms with van der Waals surface area (Å²) in [4.78, 5) is -0.000905. The van der Waals surface area contributed by atoms with Gasteiger partial charge in [-0.2, -0.15) is 0 Å². The van der Waals surface area contributed by atoms with Crippen LogP contribution < -0.4 is 0 Å². The minimum absolute atomic E-state index is 0.000905. The lowest BCUT2D eigenvalue weighted by Gasteiger charge is -2.06. The minimum atomic E-state index is -3.75. The Hall–Kier alpha value is -0.740. The SMILES string of the molecule is O=S(=O)(Cl)c1ccc(Cc2ccc(Cl)cc2)c(Cl)c1. The molecule has 0 fully saturated rings. The molecular formula is C13H9Cl3O2S. The number of hydrogen-bond acceptors (Lipinski definition) is 2. The molecular weight excluding hydrogens is 327 g/mol. The zero-order valence-electron chi connectivity index (χ0n) is 9.61. The molecule has 0 aliphatic rings. The van der Waals surface area contributed by atoms with Crippen LogP contribution in [-0.2, 0) is 15.5 Å². The van der Waals surface area contributed by atoms with E-state index in [0.29, 0.717) is 16.5 Å². The summed E-state index contributed by atoms with van der Waals surface area (Å²) in [6, 6.07) is 11.8. The molecule has 2 aromatic rings. The average Bonchev–Trinajstić information content (AvgIpc) is 2.33. The van der Waals surface area contributed by atoms with E-state index in [9.17, 15) is 8.42 Å². The average molecular weight is 336 g/mol. The Bertz CT molecular complexity index is 694. The first-order valence-electron chi connectivity index (χ1n) is 5.34. The van der Waals surface area contributed by atoms with Crippen molar-refractivity contribution in [2.75, 3.05) is 0 Å². The number of hydrogen-bond donors (Lipinski definition) is 0. The summed E-state index contributed by atoms with van der Waals surface area (Å²) < 4.78 is 22.4. The smallest absolute Gasteiger partial charge is 0.207 e. The standard InChI is InChI=1S/C13H9Cl3O2S/c14-11-4-1-9(2-5-11)7-10-3-6-12(8-13(10)15)19(16,17)18/h1-6,8H,7H2. The molecule has 0 heterocycles. The molecule has 2 nitrogen and oxygen atoms in total. The summed E-state index contributed by atoms with van der Waals surface area (Å²) in [7, 11) is 1.51. The second kappa shape index (κ2) is 5.71. The maximum Gasteiger partial charge on any atom is 0.261 e. The van der Waals surface area contributed by atoms with E-state index >= 15 is 0 Å². The van der Waals surface area contributed by atoms with E-state index in [1.165, 1.54) is 12.1 Å². The molecule has 2 rings (SSSR count). The molecule has 6 heteroatoms. The molecule has 0 saturated heterocycles. The third-order valence-corrected chi connectivity index (χ3v) is 4.57. The van der Waals surface area contributed by atoms with Crippen molar-refractivity contribution in [1.82, 2.24) is 0 Å². The highest BCUT2D eigenvalue weighted by Gasteiger charge is 2.12. The van der Waals surface area contributed by atoms with Gasteiger partial charge in [0.25, 0.3) is 9.05 Å². The van der Waals surface area contributed by atoms with Gasteiger partial charge in [-0.1, -0.05) is 41.4 Å². The van der Waals surface area contributed by atoms with Crippen LogP contribution in [0.25, 0.3) is 0 Å². The molecule has 0 radical (unpaired) electrons. The van der Waals surface area contributed by atoms with Crippen molar-refractivity contribution in [1.29, 1.82) is 0 Å². The molecule has 0 N–H and O–H groups in total. The van der Waals surface area contributed by atoms with Crippen LogP contribution in [0.5, 0.6) is 0 Å². The fourth-order valence-corrected chi connectivity index (χ4v) is 2.86. The van der Waals surface area contributed by atoms with Crippen molar-refractivity contribution in [2.24, 2.45) is 0 Å². The van der Waals surface area contributed by atoms with Crippen molar-refractivity contribution in [2.45, 2.75) is 11.3 Å². The number of benzene rings is 2. The van der Waals surface area contributed by atoms with Gasteiger partial charge in [0, 0.05) is 20.7 Å². The Kier molecular flexibility index (Phi) is 4.41. The van der Waals surface area contributed by atoms with E-state index < -0.39 is 9.05 Å². The third-order valence-electron chi connectivity index (χ3n) is 2.61. The summed E-state index contributed by atoms with van der Waals surface area (Å²) in [5, 5.41) is 1.04. The van der Waals surface area contributed by atoms with E-state index in [1.54, 1.807) is 18.2 Å². The lowest BCUT2D eigenvalue weighted by atomic mass is 10.1. The summed E-state index contributed by atoms with van der Waals surface area (Å²) in [6.45, 7) is 0. The summed E-state index contributed by atoms with van der Waals surface area (Å²) in [5.41, 5.74) is 1.86. The van der Waals surface area contributed by atoms with Gasteiger partial charge >= 0.3 is 0 Å². The van der Waals surface area contributed by atoms with Crippen molar-refractivity contribution < 1.29 is 8.42 Å². The Labute approximate surface area is 126 Å².